The molecule has 25 heavy (non-hydrogen) atoms. The molecule has 0 aliphatic carbocycles. The van der Waals surface area contributed by atoms with Gasteiger partial charge in [0.25, 0.3) is 0 Å². The predicted octanol–water partition coefficient (Wildman–Crippen LogP) is 4.25. The van der Waals surface area contributed by atoms with E-state index < -0.39 is 13.7 Å². The van der Waals surface area contributed by atoms with E-state index in [0.717, 1.165) is 34.9 Å². The summed E-state index contributed by atoms with van der Waals surface area (Å²) in [5, 5.41) is 4.54. The van der Waals surface area contributed by atoms with Gasteiger partial charge in [0.1, 0.15) is 16.9 Å². The molecule has 142 valence electrons. The Hall–Kier alpha value is -0.863. The maximum atomic E-state index is 12.3. The molecule has 1 amide bonds. The summed E-state index contributed by atoms with van der Waals surface area (Å²) in [7, 11) is -1.08. The van der Waals surface area contributed by atoms with Crippen LogP contribution in [-0.4, -0.2) is 47.6 Å². The summed E-state index contributed by atoms with van der Waals surface area (Å²) in [5.41, 5.74) is 1.70. The highest BCUT2D eigenvalue weighted by atomic mass is 79.9. The Kier molecular flexibility index (Phi) is 6.38. The zero-order chi connectivity index (χ0) is 18.8. The summed E-state index contributed by atoms with van der Waals surface area (Å²) in [5.74, 6) is 0. The first-order valence-electron chi connectivity index (χ1n) is 8.76. The number of ether oxygens (including phenoxy) is 2. The SMILES string of the molecule is CC(C)(C)OC(=O)N1CCc2c(c(Br)nn2COCC[Si](C)(C)C)C1. The van der Waals surface area contributed by atoms with Crippen LogP contribution in [-0.2, 0) is 29.2 Å². The topological polar surface area (TPSA) is 56.6 Å². The molecule has 0 saturated carbocycles. The van der Waals surface area contributed by atoms with Gasteiger partial charge in [-0.1, -0.05) is 19.6 Å². The van der Waals surface area contributed by atoms with E-state index in [4.69, 9.17) is 9.47 Å². The highest BCUT2D eigenvalue weighted by molar-refractivity contribution is 9.10. The second kappa shape index (κ2) is 7.80. The van der Waals surface area contributed by atoms with Crippen LogP contribution in [0.2, 0.25) is 25.7 Å². The number of nitrogens with zero attached hydrogens (tertiary/aromatic N) is 3. The molecule has 0 bridgehead atoms. The van der Waals surface area contributed by atoms with Crippen LogP contribution in [0.15, 0.2) is 4.60 Å². The van der Waals surface area contributed by atoms with Crippen LogP contribution in [0.1, 0.15) is 32.0 Å². The van der Waals surface area contributed by atoms with E-state index in [2.05, 4.69) is 40.7 Å². The lowest BCUT2D eigenvalue weighted by atomic mass is 10.1. The van der Waals surface area contributed by atoms with Crippen molar-refractivity contribution in [2.45, 2.75) is 71.8 Å². The van der Waals surface area contributed by atoms with Crippen LogP contribution in [0, 0.1) is 0 Å². The molecule has 0 radical (unpaired) electrons. The monoisotopic (exact) mass is 431 g/mol. The molecule has 2 rings (SSSR count). The van der Waals surface area contributed by atoms with E-state index >= 15 is 0 Å². The lowest BCUT2D eigenvalue weighted by molar-refractivity contribution is 0.0218. The van der Waals surface area contributed by atoms with E-state index in [1.807, 2.05) is 25.5 Å². The second-order valence-electron chi connectivity index (χ2n) is 8.72. The minimum atomic E-state index is -1.08. The van der Waals surface area contributed by atoms with Crippen molar-refractivity contribution in [1.29, 1.82) is 0 Å². The van der Waals surface area contributed by atoms with E-state index in [1.54, 1.807) is 4.90 Å². The van der Waals surface area contributed by atoms with E-state index in [9.17, 15) is 4.79 Å². The zero-order valence-electron chi connectivity index (χ0n) is 16.2. The lowest BCUT2D eigenvalue weighted by Gasteiger charge is -2.30. The van der Waals surface area contributed by atoms with E-state index in [1.165, 1.54) is 0 Å². The molecule has 1 aromatic heterocycles. The molecule has 0 unspecified atom stereocenters. The van der Waals surface area contributed by atoms with Gasteiger partial charge in [-0.25, -0.2) is 9.48 Å². The fourth-order valence-electron chi connectivity index (χ4n) is 2.57. The van der Waals surface area contributed by atoms with Gasteiger partial charge >= 0.3 is 6.09 Å². The first-order chi connectivity index (χ1) is 11.5. The summed E-state index contributed by atoms with van der Waals surface area (Å²) < 4.78 is 14.0. The van der Waals surface area contributed by atoms with Crippen LogP contribution in [0.5, 0.6) is 0 Å². The van der Waals surface area contributed by atoms with Crippen molar-refractivity contribution in [3.8, 4) is 0 Å². The molecule has 6 nitrogen and oxygen atoms in total. The first kappa shape index (κ1) is 20.4. The number of halogens is 1. The van der Waals surface area contributed by atoms with Gasteiger partial charge < -0.3 is 14.4 Å². The number of hydrogen-bond acceptors (Lipinski definition) is 4. The number of carbonyl (C=O) groups is 1. The van der Waals surface area contributed by atoms with Crippen LogP contribution < -0.4 is 0 Å². The molecule has 8 heteroatoms. The van der Waals surface area contributed by atoms with Crippen LogP contribution in [0.25, 0.3) is 0 Å². The molecular weight excluding hydrogens is 402 g/mol. The Morgan fingerprint density at radius 1 is 1.32 bits per heavy atom. The molecular formula is C17H30BrN3O3Si. The average molecular weight is 432 g/mol. The zero-order valence-corrected chi connectivity index (χ0v) is 18.8. The molecule has 0 spiro atoms. The van der Waals surface area contributed by atoms with E-state index in [0.29, 0.717) is 19.8 Å². The lowest BCUT2D eigenvalue weighted by Crippen LogP contribution is -2.40. The quantitative estimate of drug-likeness (QED) is 0.516. The molecule has 0 fully saturated rings. The Morgan fingerprint density at radius 3 is 2.60 bits per heavy atom. The Morgan fingerprint density at radius 2 is 2.00 bits per heavy atom. The third kappa shape index (κ3) is 6.11. The normalized spacial score (nSPS) is 15.2. The largest absolute Gasteiger partial charge is 0.444 e. The molecule has 1 aliphatic rings. The maximum Gasteiger partial charge on any atom is 0.410 e. The number of hydrogen-bond donors (Lipinski definition) is 0. The van der Waals surface area contributed by atoms with Gasteiger partial charge in [-0.2, -0.15) is 5.10 Å². The van der Waals surface area contributed by atoms with Gasteiger partial charge in [0.2, 0.25) is 0 Å². The summed E-state index contributed by atoms with van der Waals surface area (Å²) in [6.07, 6.45) is 0.481. The van der Waals surface area contributed by atoms with Crippen LogP contribution in [0.3, 0.4) is 0 Å². The van der Waals surface area contributed by atoms with Gasteiger partial charge in [-0.05, 0) is 42.7 Å². The highest BCUT2D eigenvalue weighted by Gasteiger charge is 2.29. The van der Waals surface area contributed by atoms with Gasteiger partial charge in [-0.15, -0.1) is 0 Å². The summed E-state index contributed by atoms with van der Waals surface area (Å²) >= 11 is 3.52. The molecule has 1 aromatic rings. The number of carbonyl (C=O) groups excluding carboxylic acids is 1. The highest BCUT2D eigenvalue weighted by Crippen LogP contribution is 2.27. The molecule has 0 N–H and O–H groups in total. The van der Waals surface area contributed by atoms with Gasteiger partial charge in [0, 0.05) is 38.9 Å². The van der Waals surface area contributed by atoms with Crippen molar-refractivity contribution in [3.63, 3.8) is 0 Å². The average Bonchev–Trinajstić information content (AvgIpc) is 2.77. The fourth-order valence-corrected chi connectivity index (χ4v) is 3.87. The Labute approximate surface area is 160 Å². The van der Waals surface area contributed by atoms with E-state index in [-0.39, 0.29) is 6.09 Å². The third-order valence-electron chi connectivity index (χ3n) is 3.95. The molecule has 0 saturated heterocycles. The maximum absolute atomic E-state index is 12.3. The van der Waals surface area contributed by atoms with Gasteiger partial charge in [0.15, 0.2) is 0 Å². The summed E-state index contributed by atoms with van der Waals surface area (Å²) in [6.45, 7) is 15.0. The van der Waals surface area contributed by atoms with Gasteiger partial charge in [0.05, 0.1) is 6.54 Å². The smallest absolute Gasteiger partial charge is 0.410 e. The number of amides is 1. The summed E-state index contributed by atoms with van der Waals surface area (Å²) in [6, 6.07) is 1.14. The third-order valence-corrected chi connectivity index (χ3v) is 6.29. The predicted molar refractivity (Wildman–Crippen MR) is 104 cm³/mol. The molecule has 0 atom stereocenters. The van der Waals surface area contributed by atoms with Crippen molar-refractivity contribution < 1.29 is 14.3 Å². The molecule has 2 heterocycles. The fraction of sp³-hybridized carbons (Fsp3) is 0.765. The second-order valence-corrected chi connectivity index (χ2v) is 15.1. The molecule has 0 aromatic carbocycles. The summed E-state index contributed by atoms with van der Waals surface area (Å²) in [4.78, 5) is 14.0. The van der Waals surface area contributed by atoms with Crippen LogP contribution >= 0.6 is 15.9 Å². The Bertz CT molecular complexity index is 620. The number of aromatic nitrogens is 2. The van der Waals surface area contributed by atoms with Gasteiger partial charge in [-0.3, -0.25) is 0 Å². The number of rotatable bonds is 5. The number of fused-ring (bicyclic) bond motifs is 1. The van der Waals surface area contributed by atoms with Crippen molar-refractivity contribution in [2.75, 3.05) is 13.2 Å². The van der Waals surface area contributed by atoms with Crippen molar-refractivity contribution in [2.24, 2.45) is 0 Å². The van der Waals surface area contributed by atoms with Crippen LogP contribution in [0.4, 0.5) is 4.79 Å². The van der Waals surface area contributed by atoms with Crippen molar-refractivity contribution in [3.05, 3.63) is 15.9 Å². The Balaban J connectivity index is 1.97. The molecule has 1 aliphatic heterocycles. The first-order valence-corrected chi connectivity index (χ1v) is 13.3. The standard InChI is InChI=1S/C17H30BrN3O3Si/c1-17(2,3)24-16(22)20-8-7-14-13(11-20)15(18)19-21(14)12-23-9-10-25(4,5)6/h7-12H2,1-6H3. The van der Waals surface area contributed by atoms with Crippen molar-refractivity contribution in [1.82, 2.24) is 14.7 Å². The van der Waals surface area contributed by atoms with Crippen molar-refractivity contribution >= 4 is 30.1 Å². The minimum Gasteiger partial charge on any atom is -0.444 e. The minimum absolute atomic E-state index is 0.274.